The van der Waals surface area contributed by atoms with Crippen molar-refractivity contribution >= 4 is 17.6 Å². The maximum atomic E-state index is 13.2. The van der Waals surface area contributed by atoms with Gasteiger partial charge in [-0.15, -0.1) is 0 Å². The molecule has 1 rings (SSSR count). The van der Waals surface area contributed by atoms with E-state index < -0.39 is 23.7 Å². The molecule has 7 heteroatoms. The third-order valence-electron chi connectivity index (χ3n) is 2.71. The number of nitrogens with two attached hydrogens (primary N) is 1. The van der Waals surface area contributed by atoms with Gasteiger partial charge >= 0.3 is 5.97 Å². The van der Waals surface area contributed by atoms with E-state index in [4.69, 9.17) is 15.6 Å². The fourth-order valence-electron chi connectivity index (χ4n) is 1.60. The summed E-state index contributed by atoms with van der Waals surface area (Å²) in [6.45, 7) is 0.399. The topological polar surface area (TPSA) is 102 Å². The van der Waals surface area contributed by atoms with Crippen molar-refractivity contribution in [2.24, 2.45) is 0 Å². The minimum atomic E-state index is -1.15. The molecule has 1 aromatic carbocycles. The number of nitrogens with one attached hydrogen (secondary N) is 1. The van der Waals surface area contributed by atoms with Gasteiger partial charge in [-0.2, -0.15) is 0 Å². The number of nitrogen functional groups attached to an aromatic ring is 1. The van der Waals surface area contributed by atoms with Gasteiger partial charge in [0, 0.05) is 19.3 Å². The van der Waals surface area contributed by atoms with Crippen LogP contribution in [0.3, 0.4) is 0 Å². The number of anilines is 1. The number of amides is 1. The molecular weight excluding hydrogens is 267 g/mol. The van der Waals surface area contributed by atoms with Gasteiger partial charge in [0.2, 0.25) is 0 Å². The van der Waals surface area contributed by atoms with Gasteiger partial charge < -0.3 is 20.9 Å². The Balaban J connectivity index is 2.69. The fraction of sp³-hybridized carbons (Fsp3) is 0.385. The van der Waals surface area contributed by atoms with Crippen LogP contribution in [0, 0.1) is 5.82 Å². The van der Waals surface area contributed by atoms with Gasteiger partial charge in [0.15, 0.2) is 0 Å². The van der Waals surface area contributed by atoms with Gasteiger partial charge in [-0.25, -0.2) is 9.18 Å². The third-order valence-corrected chi connectivity index (χ3v) is 2.71. The second-order valence-corrected chi connectivity index (χ2v) is 4.24. The van der Waals surface area contributed by atoms with Crippen LogP contribution in [0.5, 0.6) is 0 Å². The molecule has 0 radical (unpaired) electrons. The first-order valence-corrected chi connectivity index (χ1v) is 6.03. The van der Waals surface area contributed by atoms with Crippen LogP contribution < -0.4 is 11.1 Å². The summed E-state index contributed by atoms with van der Waals surface area (Å²) in [4.78, 5) is 22.9. The standard InChI is InChI=1S/C13H17FN2O4/c1-20-6-2-3-11(13(18)19)16-12(17)8-4-5-10(15)9(14)7-8/h4-5,7,11H,2-3,6,15H2,1H3,(H,16,17)(H,18,19). The lowest BCUT2D eigenvalue weighted by atomic mass is 10.1. The Kier molecular flexibility index (Phi) is 5.92. The van der Waals surface area contributed by atoms with Gasteiger partial charge in [-0.05, 0) is 31.0 Å². The first-order chi connectivity index (χ1) is 9.45. The van der Waals surface area contributed by atoms with Gasteiger partial charge in [0.05, 0.1) is 5.69 Å². The molecule has 0 aliphatic heterocycles. The van der Waals surface area contributed by atoms with Crippen LogP contribution in [-0.2, 0) is 9.53 Å². The van der Waals surface area contributed by atoms with Crippen LogP contribution in [0.15, 0.2) is 18.2 Å². The number of benzene rings is 1. The number of rotatable bonds is 7. The Hall–Kier alpha value is -2.15. The maximum absolute atomic E-state index is 13.2. The van der Waals surface area contributed by atoms with E-state index in [0.717, 1.165) is 6.07 Å². The number of methoxy groups -OCH3 is 1. The first kappa shape index (κ1) is 15.9. The number of carboxylic acids is 1. The molecule has 0 saturated heterocycles. The molecule has 110 valence electrons. The second kappa shape index (κ2) is 7.44. The molecule has 0 aliphatic carbocycles. The smallest absolute Gasteiger partial charge is 0.326 e. The number of hydrogen-bond donors (Lipinski definition) is 3. The van der Waals surface area contributed by atoms with E-state index >= 15 is 0 Å². The number of carbonyl (C=O) groups excluding carboxylic acids is 1. The van der Waals surface area contributed by atoms with E-state index in [1.54, 1.807) is 0 Å². The molecular formula is C13H17FN2O4. The van der Waals surface area contributed by atoms with E-state index in [2.05, 4.69) is 5.32 Å². The van der Waals surface area contributed by atoms with Gasteiger partial charge in [-0.3, -0.25) is 4.79 Å². The lowest BCUT2D eigenvalue weighted by molar-refractivity contribution is -0.139. The molecule has 6 nitrogen and oxygen atoms in total. The summed E-state index contributed by atoms with van der Waals surface area (Å²) in [5.74, 6) is -2.53. The zero-order valence-electron chi connectivity index (χ0n) is 11.1. The summed E-state index contributed by atoms with van der Waals surface area (Å²) in [6, 6.07) is 2.52. The average Bonchev–Trinajstić information content (AvgIpc) is 2.40. The van der Waals surface area contributed by atoms with Crippen LogP contribution in [0.2, 0.25) is 0 Å². The largest absolute Gasteiger partial charge is 0.480 e. The van der Waals surface area contributed by atoms with Crippen molar-refractivity contribution in [3.05, 3.63) is 29.6 Å². The molecule has 1 unspecified atom stereocenters. The number of carbonyl (C=O) groups is 2. The molecule has 0 spiro atoms. The lowest BCUT2D eigenvalue weighted by Crippen LogP contribution is -2.41. The van der Waals surface area contributed by atoms with Gasteiger partial charge in [0.25, 0.3) is 5.91 Å². The van der Waals surface area contributed by atoms with E-state index in [1.165, 1.54) is 19.2 Å². The quantitative estimate of drug-likeness (QED) is 0.512. The minimum Gasteiger partial charge on any atom is -0.480 e. The number of carboxylic acid groups (broad SMARTS) is 1. The molecule has 4 N–H and O–H groups in total. The Labute approximate surface area is 115 Å². The van der Waals surface area contributed by atoms with E-state index in [1.807, 2.05) is 0 Å². The number of halogens is 1. The van der Waals surface area contributed by atoms with Gasteiger partial charge in [-0.1, -0.05) is 0 Å². The molecule has 0 aromatic heterocycles. The third kappa shape index (κ3) is 4.51. The van der Waals surface area contributed by atoms with Crippen LogP contribution in [0.1, 0.15) is 23.2 Å². The summed E-state index contributed by atoms with van der Waals surface area (Å²) in [7, 11) is 1.51. The average molecular weight is 284 g/mol. The highest BCUT2D eigenvalue weighted by Crippen LogP contribution is 2.12. The maximum Gasteiger partial charge on any atom is 0.326 e. The van der Waals surface area contributed by atoms with Crippen LogP contribution >= 0.6 is 0 Å². The summed E-state index contributed by atoms with van der Waals surface area (Å²) < 4.78 is 18.1. The highest BCUT2D eigenvalue weighted by atomic mass is 19.1. The highest BCUT2D eigenvalue weighted by molar-refractivity contribution is 5.96. The van der Waals surface area contributed by atoms with E-state index in [0.29, 0.717) is 13.0 Å². The Bertz CT molecular complexity index is 493. The summed E-state index contributed by atoms with van der Waals surface area (Å²) >= 11 is 0. The van der Waals surface area contributed by atoms with Crippen molar-refractivity contribution < 1.29 is 23.8 Å². The van der Waals surface area contributed by atoms with Crippen molar-refractivity contribution in [2.45, 2.75) is 18.9 Å². The molecule has 0 heterocycles. The fourth-order valence-corrected chi connectivity index (χ4v) is 1.60. The molecule has 20 heavy (non-hydrogen) atoms. The van der Waals surface area contributed by atoms with E-state index in [9.17, 15) is 14.0 Å². The van der Waals surface area contributed by atoms with Crippen molar-refractivity contribution in [2.75, 3.05) is 19.5 Å². The van der Waals surface area contributed by atoms with Crippen molar-refractivity contribution in [1.82, 2.24) is 5.32 Å². The number of hydrogen-bond acceptors (Lipinski definition) is 4. The first-order valence-electron chi connectivity index (χ1n) is 6.03. The van der Waals surface area contributed by atoms with Crippen molar-refractivity contribution in [1.29, 1.82) is 0 Å². The molecule has 0 aliphatic rings. The van der Waals surface area contributed by atoms with Crippen molar-refractivity contribution in [3.63, 3.8) is 0 Å². The van der Waals surface area contributed by atoms with Crippen LogP contribution in [0.4, 0.5) is 10.1 Å². The number of ether oxygens (including phenoxy) is 1. The molecule has 0 fully saturated rings. The normalized spacial score (nSPS) is 11.9. The molecule has 1 atom stereocenters. The highest BCUT2D eigenvalue weighted by Gasteiger charge is 2.20. The monoisotopic (exact) mass is 284 g/mol. The summed E-state index contributed by atoms with van der Waals surface area (Å²) in [5.41, 5.74) is 5.25. The molecule has 1 amide bonds. The van der Waals surface area contributed by atoms with Gasteiger partial charge in [0.1, 0.15) is 11.9 Å². The SMILES string of the molecule is COCCCC(NC(=O)c1ccc(N)c(F)c1)C(=O)O. The van der Waals surface area contributed by atoms with Crippen LogP contribution in [0.25, 0.3) is 0 Å². The zero-order chi connectivity index (χ0) is 15.1. The molecule has 0 bridgehead atoms. The Morgan fingerprint density at radius 2 is 2.20 bits per heavy atom. The summed E-state index contributed by atoms with van der Waals surface area (Å²) in [5, 5.41) is 11.4. The minimum absolute atomic E-state index is 0.0229. The lowest BCUT2D eigenvalue weighted by Gasteiger charge is -2.14. The predicted molar refractivity (Wildman–Crippen MR) is 70.8 cm³/mol. The molecule has 0 saturated carbocycles. The zero-order valence-corrected chi connectivity index (χ0v) is 11.1. The summed E-state index contributed by atoms with van der Waals surface area (Å²) in [6.07, 6.45) is 0.718. The number of aliphatic carboxylic acids is 1. The van der Waals surface area contributed by atoms with Crippen LogP contribution in [-0.4, -0.2) is 36.7 Å². The second-order valence-electron chi connectivity index (χ2n) is 4.24. The molecule has 1 aromatic rings. The Morgan fingerprint density at radius 1 is 1.50 bits per heavy atom. The Morgan fingerprint density at radius 3 is 2.75 bits per heavy atom. The van der Waals surface area contributed by atoms with E-state index in [-0.39, 0.29) is 17.7 Å². The van der Waals surface area contributed by atoms with Crippen molar-refractivity contribution in [3.8, 4) is 0 Å². The predicted octanol–water partition coefficient (Wildman–Crippen LogP) is 1.02.